The average molecular weight is 376 g/mol. The van der Waals surface area contributed by atoms with Crippen molar-refractivity contribution in [3.8, 4) is 0 Å². The van der Waals surface area contributed by atoms with Crippen molar-refractivity contribution in [2.45, 2.75) is 31.7 Å². The van der Waals surface area contributed by atoms with Crippen LogP contribution in [-0.4, -0.2) is 32.3 Å². The lowest BCUT2D eigenvalue weighted by Crippen LogP contribution is -2.31. The number of carbonyl (C=O) groups is 1. The minimum Gasteiger partial charge on any atom is -0.340 e. The summed E-state index contributed by atoms with van der Waals surface area (Å²) in [6.45, 7) is 0.806. The summed E-state index contributed by atoms with van der Waals surface area (Å²) < 4.78 is 1.18. The lowest BCUT2D eigenvalue weighted by Gasteiger charge is -2.23. The van der Waals surface area contributed by atoms with Gasteiger partial charge in [-0.25, -0.2) is 9.97 Å². The molecule has 5 rings (SSSR count). The largest absolute Gasteiger partial charge is 0.340 e. The molecule has 1 amide bonds. The minimum absolute atomic E-state index is 0.0558. The molecule has 3 heterocycles. The van der Waals surface area contributed by atoms with Crippen LogP contribution in [0.4, 0.5) is 0 Å². The molecule has 0 radical (unpaired) electrons. The second kappa shape index (κ2) is 6.78. The number of H-pyrrole nitrogens is 1. The van der Waals surface area contributed by atoms with Crippen molar-refractivity contribution >= 4 is 38.5 Å². The van der Waals surface area contributed by atoms with E-state index in [9.17, 15) is 4.79 Å². The van der Waals surface area contributed by atoms with Crippen LogP contribution in [0.1, 0.15) is 36.1 Å². The zero-order valence-corrected chi connectivity index (χ0v) is 15.7. The molecule has 0 aliphatic carbocycles. The van der Waals surface area contributed by atoms with E-state index in [0.29, 0.717) is 12.8 Å². The van der Waals surface area contributed by atoms with Crippen molar-refractivity contribution in [2.24, 2.45) is 0 Å². The standard InChI is InChI=1S/C21H20N4OS/c26-20(12-11-19-22-16-8-3-4-10-18(16)27-19)25-13-5-9-17(25)21-23-14-6-1-2-7-15(14)24-21/h1-4,6-8,10,17H,5,9,11-13H2,(H,23,24)/t17-/m0/s1. The Labute approximate surface area is 161 Å². The molecule has 5 nitrogen and oxygen atoms in total. The van der Waals surface area contributed by atoms with Gasteiger partial charge in [-0.1, -0.05) is 24.3 Å². The van der Waals surface area contributed by atoms with E-state index in [1.807, 2.05) is 47.4 Å². The summed E-state index contributed by atoms with van der Waals surface area (Å²) in [5.41, 5.74) is 3.01. The summed E-state index contributed by atoms with van der Waals surface area (Å²) >= 11 is 1.68. The molecule has 0 saturated carbocycles. The van der Waals surface area contributed by atoms with Crippen LogP contribution in [0.15, 0.2) is 48.5 Å². The van der Waals surface area contributed by atoms with Gasteiger partial charge >= 0.3 is 0 Å². The smallest absolute Gasteiger partial charge is 0.223 e. The van der Waals surface area contributed by atoms with E-state index in [1.165, 1.54) is 4.70 Å². The van der Waals surface area contributed by atoms with Gasteiger partial charge in [0.15, 0.2) is 0 Å². The number of hydrogen-bond donors (Lipinski definition) is 1. The predicted octanol–water partition coefficient (Wildman–Crippen LogP) is 4.47. The molecule has 1 saturated heterocycles. The number of nitrogens with zero attached hydrogens (tertiary/aromatic N) is 3. The molecule has 0 unspecified atom stereocenters. The fraction of sp³-hybridized carbons (Fsp3) is 0.286. The number of rotatable bonds is 4. The van der Waals surface area contributed by atoms with Crippen LogP contribution in [0.25, 0.3) is 21.3 Å². The van der Waals surface area contributed by atoms with E-state index in [4.69, 9.17) is 4.98 Å². The van der Waals surface area contributed by atoms with Gasteiger partial charge < -0.3 is 9.88 Å². The summed E-state index contributed by atoms with van der Waals surface area (Å²) in [7, 11) is 0. The van der Waals surface area contributed by atoms with Gasteiger partial charge in [0.2, 0.25) is 5.91 Å². The molecule has 1 atom stereocenters. The first kappa shape index (κ1) is 16.4. The number of carbonyl (C=O) groups excluding carboxylic acids is 1. The van der Waals surface area contributed by atoms with Crippen LogP contribution in [0.3, 0.4) is 0 Å². The van der Waals surface area contributed by atoms with Crippen molar-refractivity contribution in [2.75, 3.05) is 6.54 Å². The van der Waals surface area contributed by atoms with Gasteiger partial charge in [0.25, 0.3) is 0 Å². The molecule has 6 heteroatoms. The molecule has 136 valence electrons. The minimum atomic E-state index is 0.0558. The first-order chi connectivity index (χ1) is 13.3. The predicted molar refractivity (Wildman–Crippen MR) is 108 cm³/mol. The van der Waals surface area contributed by atoms with E-state index < -0.39 is 0 Å². The molecule has 27 heavy (non-hydrogen) atoms. The van der Waals surface area contributed by atoms with Gasteiger partial charge in [-0.05, 0) is 37.1 Å². The molecule has 4 aromatic rings. The molecule has 1 fully saturated rings. The van der Waals surface area contributed by atoms with E-state index in [2.05, 4.69) is 16.0 Å². The van der Waals surface area contributed by atoms with Gasteiger partial charge in [0.1, 0.15) is 5.82 Å². The maximum Gasteiger partial charge on any atom is 0.223 e. The van der Waals surface area contributed by atoms with Gasteiger partial charge in [0, 0.05) is 19.4 Å². The van der Waals surface area contributed by atoms with Gasteiger partial charge in [-0.2, -0.15) is 0 Å². The Hall–Kier alpha value is -2.73. The number of likely N-dealkylation sites (tertiary alicyclic amines) is 1. The Morgan fingerprint density at radius 3 is 2.78 bits per heavy atom. The highest BCUT2D eigenvalue weighted by Crippen LogP contribution is 2.32. The van der Waals surface area contributed by atoms with Crippen molar-refractivity contribution in [3.05, 3.63) is 59.4 Å². The molecule has 2 aromatic carbocycles. The highest BCUT2D eigenvalue weighted by Gasteiger charge is 2.31. The van der Waals surface area contributed by atoms with Crippen LogP contribution in [0.2, 0.25) is 0 Å². The number of aryl methyl sites for hydroxylation is 1. The number of fused-ring (bicyclic) bond motifs is 2. The number of amides is 1. The number of aromatic amines is 1. The fourth-order valence-electron chi connectivity index (χ4n) is 3.86. The third-order valence-corrected chi connectivity index (χ3v) is 6.28. The van der Waals surface area contributed by atoms with Crippen molar-refractivity contribution in [3.63, 3.8) is 0 Å². The van der Waals surface area contributed by atoms with E-state index in [1.54, 1.807) is 11.3 Å². The molecule has 2 aromatic heterocycles. The van der Waals surface area contributed by atoms with Crippen molar-refractivity contribution in [1.82, 2.24) is 19.9 Å². The third kappa shape index (κ3) is 3.10. The highest BCUT2D eigenvalue weighted by atomic mass is 32.1. The molecule has 1 aliphatic heterocycles. The number of hydrogen-bond acceptors (Lipinski definition) is 4. The van der Waals surface area contributed by atoms with E-state index in [0.717, 1.165) is 46.8 Å². The number of para-hydroxylation sites is 3. The number of nitrogens with one attached hydrogen (secondary N) is 1. The quantitative estimate of drug-likeness (QED) is 0.572. The number of aromatic nitrogens is 3. The first-order valence-electron chi connectivity index (χ1n) is 9.36. The average Bonchev–Trinajstić information content (AvgIpc) is 3.42. The van der Waals surface area contributed by atoms with Crippen LogP contribution >= 0.6 is 11.3 Å². The molecular formula is C21H20N4OS. The van der Waals surface area contributed by atoms with E-state index in [-0.39, 0.29) is 11.9 Å². The number of benzene rings is 2. The zero-order valence-electron chi connectivity index (χ0n) is 14.9. The Bertz CT molecular complexity index is 1050. The Morgan fingerprint density at radius 1 is 1.11 bits per heavy atom. The lowest BCUT2D eigenvalue weighted by atomic mass is 10.2. The maximum absolute atomic E-state index is 12.9. The second-order valence-corrected chi connectivity index (χ2v) is 8.07. The molecule has 0 spiro atoms. The van der Waals surface area contributed by atoms with Crippen LogP contribution < -0.4 is 0 Å². The molecule has 1 N–H and O–H groups in total. The lowest BCUT2D eigenvalue weighted by molar-refractivity contribution is -0.132. The summed E-state index contributed by atoms with van der Waals surface area (Å²) in [5, 5.41) is 1.03. The summed E-state index contributed by atoms with van der Waals surface area (Å²) in [6.07, 6.45) is 3.18. The normalized spacial score (nSPS) is 17.2. The number of thiazole rings is 1. The van der Waals surface area contributed by atoms with Gasteiger partial charge in [-0.15, -0.1) is 11.3 Å². The zero-order chi connectivity index (χ0) is 18.2. The van der Waals surface area contributed by atoms with Crippen LogP contribution in [0, 0.1) is 0 Å². The van der Waals surface area contributed by atoms with Crippen LogP contribution in [0.5, 0.6) is 0 Å². The van der Waals surface area contributed by atoms with Crippen molar-refractivity contribution < 1.29 is 4.79 Å². The first-order valence-corrected chi connectivity index (χ1v) is 10.2. The van der Waals surface area contributed by atoms with Crippen LogP contribution in [-0.2, 0) is 11.2 Å². The third-order valence-electron chi connectivity index (χ3n) is 5.19. The Balaban J connectivity index is 1.31. The topological polar surface area (TPSA) is 61.9 Å². The molecule has 0 bridgehead atoms. The summed E-state index contributed by atoms with van der Waals surface area (Å²) in [6, 6.07) is 16.2. The highest BCUT2D eigenvalue weighted by molar-refractivity contribution is 7.18. The van der Waals surface area contributed by atoms with Gasteiger partial charge in [0.05, 0.1) is 32.3 Å². The maximum atomic E-state index is 12.9. The summed E-state index contributed by atoms with van der Waals surface area (Å²) in [4.78, 5) is 27.6. The molecule has 1 aliphatic rings. The Kier molecular flexibility index (Phi) is 4.13. The SMILES string of the molecule is O=C(CCc1nc2ccccc2s1)N1CCC[C@H]1c1nc2ccccc2[nH]1. The monoisotopic (exact) mass is 376 g/mol. The molecular weight excluding hydrogens is 356 g/mol. The number of imidazole rings is 1. The van der Waals surface area contributed by atoms with Crippen molar-refractivity contribution in [1.29, 1.82) is 0 Å². The fourth-order valence-corrected chi connectivity index (χ4v) is 4.83. The second-order valence-electron chi connectivity index (χ2n) is 6.96. The Morgan fingerprint density at radius 2 is 1.93 bits per heavy atom. The summed E-state index contributed by atoms with van der Waals surface area (Å²) in [5.74, 6) is 1.10. The van der Waals surface area contributed by atoms with Gasteiger partial charge in [-0.3, -0.25) is 4.79 Å². The van der Waals surface area contributed by atoms with E-state index >= 15 is 0 Å².